The number of anilines is 2. The molecule has 0 aliphatic heterocycles. The molecular formula is C16H21N3O5S2. The Morgan fingerprint density at radius 2 is 1.62 bits per heavy atom. The molecule has 0 unspecified atom stereocenters. The molecular weight excluding hydrogens is 378 g/mol. The quantitative estimate of drug-likeness (QED) is 0.707. The van der Waals surface area contributed by atoms with E-state index in [1.165, 1.54) is 44.4 Å². The molecule has 0 fully saturated rings. The highest BCUT2D eigenvalue weighted by molar-refractivity contribution is 7.92. The van der Waals surface area contributed by atoms with E-state index in [4.69, 9.17) is 4.74 Å². The number of nitrogens with zero attached hydrogens (tertiary/aromatic N) is 1. The summed E-state index contributed by atoms with van der Waals surface area (Å²) in [5, 5.41) is 0. The van der Waals surface area contributed by atoms with Gasteiger partial charge in [0, 0.05) is 20.2 Å². The molecule has 8 nitrogen and oxygen atoms in total. The molecule has 2 aromatic rings. The van der Waals surface area contributed by atoms with Crippen LogP contribution in [-0.2, 0) is 20.2 Å². The van der Waals surface area contributed by atoms with Gasteiger partial charge in [-0.25, -0.2) is 8.42 Å². The van der Waals surface area contributed by atoms with E-state index in [9.17, 15) is 16.8 Å². The maximum absolute atomic E-state index is 12.5. The Balaban J connectivity index is 2.35. The van der Waals surface area contributed by atoms with E-state index in [1.807, 2.05) is 0 Å². The first-order valence-corrected chi connectivity index (χ1v) is 10.6. The van der Waals surface area contributed by atoms with E-state index in [0.717, 1.165) is 4.31 Å². The molecule has 0 saturated carbocycles. The Bertz CT molecular complexity index is 959. The third-order valence-electron chi connectivity index (χ3n) is 3.31. The summed E-state index contributed by atoms with van der Waals surface area (Å²) in [6.07, 6.45) is 0. The van der Waals surface area contributed by atoms with Gasteiger partial charge in [-0.15, -0.1) is 0 Å². The Hall–Kier alpha value is -2.30. The number of benzene rings is 2. The second-order valence-corrected chi connectivity index (χ2v) is 9.02. The van der Waals surface area contributed by atoms with Crippen LogP contribution in [0, 0.1) is 0 Å². The zero-order valence-electron chi connectivity index (χ0n) is 14.6. The molecule has 2 N–H and O–H groups in total. The normalized spacial score (nSPS) is 12.0. The first kappa shape index (κ1) is 20.0. The summed E-state index contributed by atoms with van der Waals surface area (Å²) in [6, 6.07) is 12.2. The SMILES string of the molecule is CCOc1cc(NS(=O)(=O)N(C)C)ccc1NS(=O)(=O)c1ccccc1. The van der Waals surface area contributed by atoms with Crippen molar-refractivity contribution in [3.05, 3.63) is 48.5 Å². The molecule has 2 aromatic carbocycles. The average molecular weight is 399 g/mol. The summed E-state index contributed by atoms with van der Waals surface area (Å²) < 4.78 is 60.1. The molecule has 0 bridgehead atoms. The molecule has 10 heteroatoms. The topological polar surface area (TPSA) is 105 Å². The van der Waals surface area contributed by atoms with Gasteiger partial charge in [0.15, 0.2) is 0 Å². The fourth-order valence-electron chi connectivity index (χ4n) is 1.99. The number of nitrogens with one attached hydrogen (secondary N) is 2. The molecule has 0 saturated heterocycles. The van der Waals surface area contributed by atoms with Crippen LogP contribution in [0.15, 0.2) is 53.4 Å². The molecule has 0 atom stereocenters. The predicted molar refractivity (Wildman–Crippen MR) is 101 cm³/mol. The van der Waals surface area contributed by atoms with Gasteiger partial charge >= 0.3 is 10.2 Å². The molecule has 0 radical (unpaired) electrons. The molecule has 0 aliphatic carbocycles. The van der Waals surface area contributed by atoms with E-state index in [1.54, 1.807) is 25.1 Å². The Morgan fingerprint density at radius 1 is 0.962 bits per heavy atom. The van der Waals surface area contributed by atoms with Gasteiger partial charge in [0.05, 0.1) is 22.9 Å². The molecule has 2 rings (SSSR count). The minimum atomic E-state index is -3.79. The van der Waals surface area contributed by atoms with E-state index >= 15 is 0 Å². The lowest BCUT2D eigenvalue weighted by Crippen LogP contribution is -2.28. The highest BCUT2D eigenvalue weighted by Crippen LogP contribution is 2.30. The number of sulfonamides is 1. The van der Waals surface area contributed by atoms with Gasteiger partial charge in [0.25, 0.3) is 10.0 Å². The summed E-state index contributed by atoms with van der Waals surface area (Å²) in [4.78, 5) is 0.111. The van der Waals surface area contributed by atoms with Gasteiger partial charge in [0.2, 0.25) is 0 Å². The van der Waals surface area contributed by atoms with E-state index in [-0.39, 0.29) is 28.6 Å². The zero-order chi connectivity index (χ0) is 19.4. The molecule has 26 heavy (non-hydrogen) atoms. The lowest BCUT2D eigenvalue weighted by Gasteiger charge is -2.17. The minimum Gasteiger partial charge on any atom is -0.492 e. The summed E-state index contributed by atoms with van der Waals surface area (Å²) in [5.41, 5.74) is 0.466. The van der Waals surface area contributed by atoms with Crippen LogP contribution in [0.3, 0.4) is 0 Å². The largest absolute Gasteiger partial charge is 0.492 e. The van der Waals surface area contributed by atoms with E-state index in [2.05, 4.69) is 9.44 Å². The van der Waals surface area contributed by atoms with Gasteiger partial charge in [-0.1, -0.05) is 18.2 Å². The highest BCUT2D eigenvalue weighted by Gasteiger charge is 2.18. The van der Waals surface area contributed by atoms with Crippen molar-refractivity contribution in [2.45, 2.75) is 11.8 Å². The second kappa shape index (κ2) is 7.94. The summed E-state index contributed by atoms with van der Waals surface area (Å²) in [5.74, 6) is 0.214. The fraction of sp³-hybridized carbons (Fsp3) is 0.250. The third kappa shape index (κ3) is 4.87. The third-order valence-corrected chi connectivity index (χ3v) is 6.14. The highest BCUT2D eigenvalue weighted by atomic mass is 32.2. The first-order chi connectivity index (χ1) is 12.2. The van der Waals surface area contributed by atoms with Crippen molar-refractivity contribution < 1.29 is 21.6 Å². The molecule has 0 amide bonds. The number of hydrogen-bond donors (Lipinski definition) is 2. The molecule has 142 valence electrons. The van der Waals surface area contributed by atoms with Crippen LogP contribution in [0.2, 0.25) is 0 Å². The van der Waals surface area contributed by atoms with Crippen LogP contribution in [0.5, 0.6) is 5.75 Å². The zero-order valence-corrected chi connectivity index (χ0v) is 16.3. The van der Waals surface area contributed by atoms with Crippen molar-refractivity contribution in [2.75, 3.05) is 30.1 Å². The van der Waals surface area contributed by atoms with Crippen molar-refractivity contribution >= 4 is 31.6 Å². The van der Waals surface area contributed by atoms with Crippen LogP contribution < -0.4 is 14.2 Å². The van der Waals surface area contributed by atoms with Gasteiger partial charge in [-0.05, 0) is 31.2 Å². The lowest BCUT2D eigenvalue weighted by atomic mass is 10.2. The summed E-state index contributed by atoms with van der Waals surface area (Å²) in [7, 11) is -4.68. The van der Waals surface area contributed by atoms with Crippen molar-refractivity contribution in [1.82, 2.24) is 4.31 Å². The van der Waals surface area contributed by atoms with Crippen LogP contribution in [0.4, 0.5) is 11.4 Å². The lowest BCUT2D eigenvalue weighted by molar-refractivity contribution is 0.342. The van der Waals surface area contributed by atoms with E-state index in [0.29, 0.717) is 0 Å². The van der Waals surface area contributed by atoms with Crippen molar-refractivity contribution in [3.63, 3.8) is 0 Å². The maximum Gasteiger partial charge on any atom is 0.301 e. The molecule has 0 aromatic heterocycles. The summed E-state index contributed by atoms with van der Waals surface area (Å²) >= 11 is 0. The average Bonchev–Trinajstić information content (AvgIpc) is 2.58. The van der Waals surface area contributed by atoms with E-state index < -0.39 is 20.2 Å². The number of rotatable bonds is 8. The van der Waals surface area contributed by atoms with Crippen LogP contribution in [0.25, 0.3) is 0 Å². The summed E-state index contributed by atoms with van der Waals surface area (Å²) in [6.45, 7) is 2.02. The monoisotopic (exact) mass is 399 g/mol. The fourth-order valence-corrected chi connectivity index (χ4v) is 3.69. The number of hydrogen-bond acceptors (Lipinski definition) is 5. The first-order valence-electron chi connectivity index (χ1n) is 7.70. The minimum absolute atomic E-state index is 0.111. The predicted octanol–water partition coefficient (Wildman–Crippen LogP) is 2.10. The maximum atomic E-state index is 12.5. The smallest absolute Gasteiger partial charge is 0.301 e. The molecule has 0 spiro atoms. The Morgan fingerprint density at radius 3 is 2.19 bits per heavy atom. The number of ether oxygens (including phenoxy) is 1. The molecule has 0 heterocycles. The van der Waals surface area contributed by atoms with Crippen molar-refractivity contribution in [3.8, 4) is 5.75 Å². The standard InChI is InChI=1S/C16H21N3O5S2/c1-4-24-16-12-13(17-26(22,23)19(2)3)10-11-15(16)18-25(20,21)14-8-6-5-7-9-14/h5-12,17-18H,4H2,1-3H3. The Kier molecular flexibility index (Phi) is 6.11. The van der Waals surface area contributed by atoms with Gasteiger partial charge in [-0.3, -0.25) is 9.44 Å². The van der Waals surface area contributed by atoms with Gasteiger partial charge < -0.3 is 4.74 Å². The van der Waals surface area contributed by atoms with Crippen LogP contribution >= 0.6 is 0 Å². The van der Waals surface area contributed by atoms with Crippen molar-refractivity contribution in [1.29, 1.82) is 0 Å². The second-order valence-electron chi connectivity index (χ2n) is 5.45. The van der Waals surface area contributed by atoms with Crippen LogP contribution in [-0.4, -0.2) is 41.8 Å². The van der Waals surface area contributed by atoms with Crippen LogP contribution in [0.1, 0.15) is 6.92 Å². The van der Waals surface area contributed by atoms with Crippen molar-refractivity contribution in [2.24, 2.45) is 0 Å². The molecule has 0 aliphatic rings. The van der Waals surface area contributed by atoms with Gasteiger partial charge in [0.1, 0.15) is 5.75 Å². The van der Waals surface area contributed by atoms with Gasteiger partial charge in [-0.2, -0.15) is 12.7 Å². The Labute approximate surface area is 154 Å².